The Balaban J connectivity index is 3.02. The summed E-state index contributed by atoms with van der Waals surface area (Å²) in [6.45, 7) is 11.9. The molecule has 0 amide bonds. The van der Waals surface area contributed by atoms with E-state index in [1.165, 1.54) is 0 Å². The number of rotatable bonds is 9. The number of halogens is 1. The van der Waals surface area contributed by atoms with Gasteiger partial charge in [-0.15, -0.1) is 0 Å². The number of nitrogens with zero attached hydrogens (tertiary/aromatic N) is 2. The molecule has 2 atom stereocenters. The largest absolute Gasteiger partial charge is 0.377 e. The standard InChI is InChI=1S/C15H29ClN4O/c1-6-11-14(16)13(20(7-2)19-11)9-12(18-17)15(10(4)5)21-8-3/h10,12,15,18H,6-9,17H2,1-5H3. The van der Waals surface area contributed by atoms with E-state index in [2.05, 4.69) is 38.2 Å². The highest BCUT2D eigenvalue weighted by Crippen LogP contribution is 2.25. The molecule has 0 saturated carbocycles. The van der Waals surface area contributed by atoms with Crippen molar-refractivity contribution in [2.45, 2.75) is 66.2 Å². The maximum Gasteiger partial charge on any atom is 0.0850 e. The zero-order valence-corrected chi connectivity index (χ0v) is 14.6. The molecule has 0 aliphatic rings. The van der Waals surface area contributed by atoms with Crippen LogP contribution in [0.15, 0.2) is 0 Å². The number of aryl methyl sites for hydroxylation is 2. The Morgan fingerprint density at radius 2 is 2.00 bits per heavy atom. The first-order valence-electron chi connectivity index (χ1n) is 7.81. The van der Waals surface area contributed by atoms with Crippen molar-refractivity contribution in [3.8, 4) is 0 Å². The molecule has 0 bridgehead atoms. The van der Waals surface area contributed by atoms with E-state index < -0.39 is 0 Å². The topological polar surface area (TPSA) is 65.1 Å². The van der Waals surface area contributed by atoms with E-state index in [9.17, 15) is 0 Å². The lowest BCUT2D eigenvalue weighted by molar-refractivity contribution is 0.00313. The van der Waals surface area contributed by atoms with E-state index in [0.717, 1.165) is 29.4 Å². The van der Waals surface area contributed by atoms with E-state index in [1.807, 2.05) is 11.6 Å². The van der Waals surface area contributed by atoms with Crippen molar-refractivity contribution in [1.29, 1.82) is 0 Å². The van der Waals surface area contributed by atoms with Crippen LogP contribution in [0.2, 0.25) is 5.02 Å². The Morgan fingerprint density at radius 1 is 1.33 bits per heavy atom. The van der Waals surface area contributed by atoms with Crippen LogP contribution in [0.1, 0.15) is 46.0 Å². The Kier molecular flexibility index (Phi) is 7.66. The van der Waals surface area contributed by atoms with Crippen molar-refractivity contribution < 1.29 is 4.74 Å². The first-order chi connectivity index (χ1) is 9.99. The van der Waals surface area contributed by atoms with Crippen LogP contribution in [0.3, 0.4) is 0 Å². The van der Waals surface area contributed by atoms with Crippen LogP contribution in [-0.2, 0) is 24.1 Å². The number of hydrogen-bond donors (Lipinski definition) is 2. The fourth-order valence-corrected chi connectivity index (χ4v) is 3.00. The maximum atomic E-state index is 6.48. The van der Waals surface area contributed by atoms with Gasteiger partial charge in [0.05, 0.1) is 28.6 Å². The van der Waals surface area contributed by atoms with Gasteiger partial charge in [-0.1, -0.05) is 32.4 Å². The van der Waals surface area contributed by atoms with Crippen LogP contribution in [0, 0.1) is 5.92 Å². The van der Waals surface area contributed by atoms with E-state index >= 15 is 0 Å². The van der Waals surface area contributed by atoms with Crippen molar-refractivity contribution in [2.24, 2.45) is 11.8 Å². The van der Waals surface area contributed by atoms with Gasteiger partial charge in [-0.2, -0.15) is 5.10 Å². The summed E-state index contributed by atoms with van der Waals surface area (Å²) in [5, 5.41) is 5.32. The second-order valence-electron chi connectivity index (χ2n) is 5.52. The molecule has 0 saturated heterocycles. The molecular formula is C15H29ClN4O. The molecule has 1 aromatic heterocycles. The molecule has 3 N–H and O–H groups in total. The highest BCUT2D eigenvalue weighted by molar-refractivity contribution is 6.31. The van der Waals surface area contributed by atoms with Gasteiger partial charge < -0.3 is 4.74 Å². The lowest BCUT2D eigenvalue weighted by Crippen LogP contribution is -2.49. The summed E-state index contributed by atoms with van der Waals surface area (Å²) in [5.41, 5.74) is 4.88. The van der Waals surface area contributed by atoms with Crippen molar-refractivity contribution in [3.05, 3.63) is 16.4 Å². The van der Waals surface area contributed by atoms with Gasteiger partial charge in [0.25, 0.3) is 0 Å². The molecule has 0 fully saturated rings. The average Bonchev–Trinajstić information content (AvgIpc) is 2.78. The normalized spacial score (nSPS) is 14.7. The van der Waals surface area contributed by atoms with E-state index in [-0.39, 0.29) is 12.1 Å². The Bertz CT molecular complexity index is 434. The lowest BCUT2D eigenvalue weighted by atomic mass is 9.96. The van der Waals surface area contributed by atoms with Gasteiger partial charge in [0.15, 0.2) is 0 Å². The minimum absolute atomic E-state index is 0.00848. The summed E-state index contributed by atoms with van der Waals surface area (Å²) in [5.74, 6) is 6.14. The third-order valence-corrected chi connectivity index (χ3v) is 4.17. The van der Waals surface area contributed by atoms with Gasteiger partial charge >= 0.3 is 0 Å². The summed E-state index contributed by atoms with van der Waals surface area (Å²) in [6, 6.07) is 0.00848. The predicted octanol–water partition coefficient (Wildman–Crippen LogP) is 2.55. The highest BCUT2D eigenvalue weighted by Gasteiger charge is 2.27. The molecule has 1 heterocycles. The Morgan fingerprint density at radius 3 is 2.43 bits per heavy atom. The Labute approximate surface area is 133 Å². The average molecular weight is 317 g/mol. The van der Waals surface area contributed by atoms with Crippen LogP contribution >= 0.6 is 11.6 Å². The van der Waals surface area contributed by atoms with Crippen LogP contribution in [-0.4, -0.2) is 28.5 Å². The van der Waals surface area contributed by atoms with Gasteiger partial charge in [0, 0.05) is 19.6 Å². The summed E-state index contributed by atoms with van der Waals surface area (Å²) in [4.78, 5) is 0. The fraction of sp³-hybridized carbons (Fsp3) is 0.800. The molecule has 0 aliphatic carbocycles. The number of nitrogens with two attached hydrogens (primary N) is 1. The van der Waals surface area contributed by atoms with Crippen LogP contribution in [0.5, 0.6) is 0 Å². The number of aromatic nitrogens is 2. The van der Waals surface area contributed by atoms with Gasteiger partial charge in [-0.05, 0) is 26.2 Å². The van der Waals surface area contributed by atoms with E-state index in [1.54, 1.807) is 0 Å². The van der Waals surface area contributed by atoms with Crippen molar-refractivity contribution >= 4 is 11.6 Å². The van der Waals surface area contributed by atoms with Gasteiger partial charge in [0.2, 0.25) is 0 Å². The number of nitrogens with one attached hydrogen (secondary N) is 1. The fourth-order valence-electron chi connectivity index (χ4n) is 2.66. The summed E-state index contributed by atoms with van der Waals surface area (Å²) >= 11 is 6.48. The Hall–Kier alpha value is -0.620. The van der Waals surface area contributed by atoms with Crippen molar-refractivity contribution in [2.75, 3.05) is 6.61 Å². The van der Waals surface area contributed by atoms with Crippen molar-refractivity contribution in [3.63, 3.8) is 0 Å². The number of ether oxygens (including phenoxy) is 1. The molecule has 21 heavy (non-hydrogen) atoms. The molecule has 6 heteroatoms. The summed E-state index contributed by atoms with van der Waals surface area (Å²) in [7, 11) is 0. The smallest absolute Gasteiger partial charge is 0.0850 e. The van der Waals surface area contributed by atoms with Gasteiger partial charge in [-0.25, -0.2) is 0 Å². The molecule has 122 valence electrons. The van der Waals surface area contributed by atoms with E-state index in [0.29, 0.717) is 18.9 Å². The molecule has 0 spiro atoms. The molecule has 0 aromatic carbocycles. The monoisotopic (exact) mass is 316 g/mol. The second-order valence-corrected chi connectivity index (χ2v) is 5.90. The minimum Gasteiger partial charge on any atom is -0.377 e. The molecule has 2 unspecified atom stereocenters. The predicted molar refractivity (Wildman–Crippen MR) is 87.4 cm³/mol. The molecule has 1 rings (SSSR count). The number of hydrogen-bond acceptors (Lipinski definition) is 4. The molecule has 0 radical (unpaired) electrons. The van der Waals surface area contributed by atoms with E-state index in [4.69, 9.17) is 22.2 Å². The van der Waals surface area contributed by atoms with Crippen LogP contribution in [0.25, 0.3) is 0 Å². The quantitative estimate of drug-likeness (QED) is 0.543. The lowest BCUT2D eigenvalue weighted by Gasteiger charge is -2.29. The van der Waals surface area contributed by atoms with Gasteiger partial charge in [0.1, 0.15) is 0 Å². The maximum absolute atomic E-state index is 6.48. The molecule has 5 nitrogen and oxygen atoms in total. The molecule has 1 aromatic rings. The highest BCUT2D eigenvalue weighted by atomic mass is 35.5. The third-order valence-electron chi connectivity index (χ3n) is 3.73. The summed E-state index contributed by atoms with van der Waals surface area (Å²) < 4.78 is 7.83. The van der Waals surface area contributed by atoms with Crippen LogP contribution < -0.4 is 11.3 Å². The first kappa shape index (κ1) is 18.4. The van der Waals surface area contributed by atoms with Crippen molar-refractivity contribution in [1.82, 2.24) is 15.2 Å². The van der Waals surface area contributed by atoms with Gasteiger partial charge in [-0.3, -0.25) is 16.0 Å². The summed E-state index contributed by atoms with van der Waals surface area (Å²) in [6.07, 6.45) is 1.58. The molecule has 0 aliphatic heterocycles. The van der Waals surface area contributed by atoms with Crippen LogP contribution in [0.4, 0.5) is 0 Å². The zero-order valence-electron chi connectivity index (χ0n) is 13.8. The molecular weight excluding hydrogens is 288 g/mol. The minimum atomic E-state index is 0.00848. The third kappa shape index (κ3) is 4.42. The first-order valence-corrected chi connectivity index (χ1v) is 8.19. The second kappa shape index (κ2) is 8.73. The SMILES string of the molecule is CCOC(C(C)C)C(Cc1c(Cl)c(CC)nn1CC)NN. The zero-order chi connectivity index (χ0) is 16.0. The number of hydrazine groups is 1.